The van der Waals surface area contributed by atoms with Crippen molar-refractivity contribution in [2.45, 2.75) is 27.7 Å². The van der Waals surface area contributed by atoms with E-state index in [2.05, 4.69) is 10.3 Å². The highest BCUT2D eigenvalue weighted by atomic mass is 16.1. The first-order valence-corrected chi connectivity index (χ1v) is 6.03. The summed E-state index contributed by atoms with van der Waals surface area (Å²) in [5.74, 6) is 0.0782. The number of carbonyl (C=O) groups excluding carboxylic acids is 1. The number of anilines is 1. The summed E-state index contributed by atoms with van der Waals surface area (Å²) in [5.41, 5.74) is 1.18. The molecule has 0 bridgehead atoms. The molecule has 1 N–H and O–H groups in total. The Balaban J connectivity index is 2.94. The molecule has 0 unspecified atom stereocenters. The number of aromatic nitrogens is 1. The Kier molecular flexibility index (Phi) is 4.84. The fourth-order valence-corrected chi connectivity index (χ4v) is 1.67. The van der Waals surface area contributed by atoms with Crippen molar-refractivity contribution in [1.82, 2.24) is 4.98 Å². The lowest BCUT2D eigenvalue weighted by Gasteiger charge is -2.26. The lowest BCUT2D eigenvalue weighted by atomic mass is 9.83. The summed E-state index contributed by atoms with van der Waals surface area (Å²) >= 11 is 0. The maximum atomic E-state index is 12.1. The summed E-state index contributed by atoms with van der Waals surface area (Å²) < 4.78 is 0. The van der Waals surface area contributed by atoms with Crippen LogP contribution in [0.5, 0.6) is 0 Å². The van der Waals surface area contributed by atoms with Gasteiger partial charge < -0.3 is 5.32 Å². The molecule has 0 aliphatic rings. The molecule has 0 saturated heterocycles. The molecule has 0 fully saturated rings. The Morgan fingerprint density at radius 2 is 2.11 bits per heavy atom. The van der Waals surface area contributed by atoms with Crippen LogP contribution in [0.25, 0.3) is 0 Å². The van der Waals surface area contributed by atoms with Gasteiger partial charge in [0.25, 0.3) is 0 Å². The van der Waals surface area contributed by atoms with Gasteiger partial charge in [-0.3, -0.25) is 9.78 Å². The number of hydrogen-bond donors (Lipinski definition) is 1. The maximum Gasteiger partial charge on any atom is 0.166 e. The molecule has 0 aliphatic carbocycles. The minimum atomic E-state index is -0.572. The lowest BCUT2D eigenvalue weighted by molar-refractivity contribution is -0.120. The Labute approximate surface area is 109 Å². The molecule has 0 atom stereocenters. The molecule has 0 amide bonds. The smallest absolute Gasteiger partial charge is 0.166 e. The van der Waals surface area contributed by atoms with Crippen LogP contribution in [0.2, 0.25) is 0 Å². The molecule has 0 aliphatic heterocycles. The average molecular weight is 244 g/mol. The van der Waals surface area contributed by atoms with Gasteiger partial charge in [0.05, 0.1) is 17.3 Å². The quantitative estimate of drug-likeness (QED) is 0.805. The molecule has 1 aromatic rings. The van der Waals surface area contributed by atoms with E-state index in [1.807, 2.05) is 45.9 Å². The zero-order valence-corrected chi connectivity index (χ0v) is 11.4. The molecule has 0 radical (unpaired) electrons. The second kappa shape index (κ2) is 6.15. The Morgan fingerprint density at radius 3 is 2.61 bits per heavy atom. The predicted octanol–water partition coefficient (Wildman–Crippen LogP) is 3.57. The number of pyridine rings is 1. The molecule has 3 heteroatoms. The van der Waals surface area contributed by atoms with Gasteiger partial charge in [0, 0.05) is 11.9 Å². The van der Waals surface area contributed by atoms with E-state index in [0.29, 0.717) is 0 Å². The Bertz CT molecular complexity index is 459. The van der Waals surface area contributed by atoms with Crippen LogP contribution in [0.15, 0.2) is 48.5 Å². The largest absolute Gasteiger partial charge is 0.357 e. The third-order valence-electron chi connectivity index (χ3n) is 2.84. The van der Waals surface area contributed by atoms with Gasteiger partial charge in [0.2, 0.25) is 0 Å². The van der Waals surface area contributed by atoms with E-state index in [4.69, 9.17) is 0 Å². The summed E-state index contributed by atoms with van der Waals surface area (Å²) in [5, 5.41) is 3.25. The van der Waals surface area contributed by atoms with Gasteiger partial charge in [-0.1, -0.05) is 12.2 Å². The fourth-order valence-electron chi connectivity index (χ4n) is 1.67. The van der Waals surface area contributed by atoms with Gasteiger partial charge in [0.1, 0.15) is 0 Å². The van der Waals surface area contributed by atoms with Gasteiger partial charge in [-0.15, -0.1) is 0 Å². The van der Waals surface area contributed by atoms with Crippen molar-refractivity contribution in [2.24, 2.45) is 5.41 Å². The SMILES string of the molecule is C/C=C/C(=O)C(C)(C)/C(=C\C)Nc1cccnc1. The van der Waals surface area contributed by atoms with E-state index in [1.54, 1.807) is 24.5 Å². The van der Waals surface area contributed by atoms with E-state index < -0.39 is 5.41 Å². The predicted molar refractivity (Wildman–Crippen MR) is 75.2 cm³/mol. The first kappa shape index (κ1) is 14.2. The number of allylic oxidation sites excluding steroid dienone is 4. The van der Waals surface area contributed by atoms with Crippen LogP contribution in [0.4, 0.5) is 5.69 Å². The van der Waals surface area contributed by atoms with Gasteiger partial charge in [-0.2, -0.15) is 0 Å². The molecule has 96 valence electrons. The van der Waals surface area contributed by atoms with E-state index in [0.717, 1.165) is 11.4 Å². The fraction of sp³-hybridized carbons (Fsp3) is 0.333. The standard InChI is InChI=1S/C15H20N2O/c1-5-8-14(18)15(3,4)13(6-2)17-12-9-7-10-16-11-12/h5-11,17H,1-4H3/b8-5+,13-6+. The van der Waals surface area contributed by atoms with Crippen molar-refractivity contribution in [1.29, 1.82) is 0 Å². The number of hydrogen-bond acceptors (Lipinski definition) is 3. The maximum absolute atomic E-state index is 12.1. The summed E-state index contributed by atoms with van der Waals surface area (Å²) in [6.07, 6.45) is 8.75. The van der Waals surface area contributed by atoms with Crippen LogP contribution in [-0.4, -0.2) is 10.8 Å². The molecule has 1 rings (SSSR count). The second-order valence-electron chi connectivity index (χ2n) is 4.56. The zero-order chi connectivity index (χ0) is 13.6. The highest BCUT2D eigenvalue weighted by molar-refractivity contribution is 5.96. The lowest BCUT2D eigenvalue weighted by Crippen LogP contribution is -2.28. The van der Waals surface area contributed by atoms with E-state index in [-0.39, 0.29) is 5.78 Å². The van der Waals surface area contributed by atoms with E-state index in [9.17, 15) is 4.79 Å². The van der Waals surface area contributed by atoms with Crippen molar-refractivity contribution in [2.75, 3.05) is 5.32 Å². The van der Waals surface area contributed by atoms with E-state index >= 15 is 0 Å². The summed E-state index contributed by atoms with van der Waals surface area (Å²) in [7, 11) is 0. The third-order valence-corrected chi connectivity index (χ3v) is 2.84. The molecule has 1 heterocycles. The molecule has 0 spiro atoms. The number of ketones is 1. The topological polar surface area (TPSA) is 42.0 Å². The van der Waals surface area contributed by atoms with Gasteiger partial charge in [-0.05, 0) is 45.9 Å². The first-order chi connectivity index (χ1) is 8.52. The van der Waals surface area contributed by atoms with E-state index in [1.165, 1.54) is 0 Å². The highest BCUT2D eigenvalue weighted by Crippen LogP contribution is 2.29. The number of carbonyl (C=O) groups is 1. The molecule has 0 saturated carbocycles. The van der Waals surface area contributed by atoms with Gasteiger partial charge in [0.15, 0.2) is 5.78 Å². The Morgan fingerprint density at radius 1 is 1.39 bits per heavy atom. The van der Waals surface area contributed by atoms with Crippen molar-refractivity contribution in [3.63, 3.8) is 0 Å². The minimum absolute atomic E-state index is 0.0782. The van der Waals surface area contributed by atoms with Gasteiger partial charge in [-0.25, -0.2) is 0 Å². The minimum Gasteiger partial charge on any atom is -0.357 e. The highest BCUT2D eigenvalue weighted by Gasteiger charge is 2.29. The van der Waals surface area contributed by atoms with Crippen LogP contribution >= 0.6 is 0 Å². The average Bonchev–Trinajstić information content (AvgIpc) is 2.37. The first-order valence-electron chi connectivity index (χ1n) is 6.03. The number of nitrogens with one attached hydrogen (secondary N) is 1. The summed E-state index contributed by atoms with van der Waals surface area (Å²) in [6, 6.07) is 3.78. The van der Waals surface area contributed by atoms with Crippen molar-refractivity contribution in [3.8, 4) is 0 Å². The van der Waals surface area contributed by atoms with Crippen LogP contribution in [-0.2, 0) is 4.79 Å². The second-order valence-corrected chi connectivity index (χ2v) is 4.56. The molecule has 18 heavy (non-hydrogen) atoms. The van der Waals surface area contributed by atoms with Crippen molar-refractivity contribution < 1.29 is 4.79 Å². The number of nitrogens with zero attached hydrogens (tertiary/aromatic N) is 1. The normalized spacial score (nSPS) is 12.8. The summed E-state index contributed by atoms with van der Waals surface area (Å²) in [6.45, 7) is 7.59. The molecule has 0 aromatic carbocycles. The monoisotopic (exact) mass is 244 g/mol. The molecular weight excluding hydrogens is 224 g/mol. The molecule has 3 nitrogen and oxygen atoms in total. The van der Waals surface area contributed by atoms with Crippen LogP contribution in [0.1, 0.15) is 27.7 Å². The number of rotatable bonds is 5. The zero-order valence-electron chi connectivity index (χ0n) is 11.4. The Hall–Kier alpha value is -1.90. The van der Waals surface area contributed by atoms with Crippen molar-refractivity contribution >= 4 is 11.5 Å². The van der Waals surface area contributed by atoms with Crippen LogP contribution < -0.4 is 5.32 Å². The van der Waals surface area contributed by atoms with Crippen LogP contribution in [0.3, 0.4) is 0 Å². The molecule has 1 aromatic heterocycles. The molecular formula is C15H20N2O. The van der Waals surface area contributed by atoms with Gasteiger partial charge >= 0.3 is 0 Å². The summed E-state index contributed by atoms with van der Waals surface area (Å²) in [4.78, 5) is 16.1. The van der Waals surface area contributed by atoms with Crippen LogP contribution in [0, 0.1) is 5.41 Å². The van der Waals surface area contributed by atoms with Crippen molar-refractivity contribution in [3.05, 3.63) is 48.5 Å². The third kappa shape index (κ3) is 3.29.